The highest BCUT2D eigenvalue weighted by molar-refractivity contribution is 5.74. The number of nitrogens with one attached hydrogen (secondary N) is 2. The lowest BCUT2D eigenvalue weighted by Crippen LogP contribution is -2.42. The molecule has 2 amide bonds. The Morgan fingerprint density at radius 1 is 1.35 bits per heavy atom. The molecule has 0 aliphatic carbocycles. The number of aromatic nitrogens is 4. The second-order valence-electron chi connectivity index (χ2n) is 6.95. The molecule has 2 aromatic rings. The van der Waals surface area contributed by atoms with Gasteiger partial charge < -0.3 is 19.6 Å². The van der Waals surface area contributed by atoms with Crippen molar-refractivity contribution in [1.29, 1.82) is 0 Å². The topological polar surface area (TPSA) is 103 Å². The van der Waals surface area contributed by atoms with Gasteiger partial charge in [0.15, 0.2) is 0 Å². The molecule has 1 aliphatic rings. The molecular formula is C17H27N7O2. The number of rotatable bonds is 4. The van der Waals surface area contributed by atoms with E-state index >= 15 is 0 Å². The van der Waals surface area contributed by atoms with Crippen LogP contribution in [0.1, 0.15) is 54.6 Å². The lowest BCUT2D eigenvalue weighted by atomic mass is 9.99. The Kier molecular flexibility index (Phi) is 5.43. The molecule has 2 aromatic heterocycles. The standard InChI is InChI=1S/C17H27N7O2/c1-11-15(12(2)21-20-11)13-8-6-5-7-9-24(13)17(25)18-10-14-19-16(22-26-14)23(3)4/h13H,5-10H2,1-4H3,(H,18,25)(H,20,21). The van der Waals surface area contributed by atoms with E-state index in [9.17, 15) is 4.79 Å². The minimum Gasteiger partial charge on any atom is -0.344 e. The molecule has 0 aromatic carbocycles. The van der Waals surface area contributed by atoms with Crippen molar-refractivity contribution in [3.8, 4) is 0 Å². The fourth-order valence-corrected chi connectivity index (χ4v) is 3.45. The number of urea groups is 1. The number of carbonyl (C=O) groups excluding carboxylic acids is 1. The second-order valence-corrected chi connectivity index (χ2v) is 6.95. The number of hydrogen-bond acceptors (Lipinski definition) is 6. The number of amides is 2. The van der Waals surface area contributed by atoms with Crippen molar-refractivity contribution in [2.24, 2.45) is 0 Å². The minimum atomic E-state index is -0.110. The first kappa shape index (κ1) is 18.2. The number of hydrogen-bond donors (Lipinski definition) is 2. The van der Waals surface area contributed by atoms with Crippen molar-refractivity contribution >= 4 is 12.0 Å². The van der Waals surface area contributed by atoms with Gasteiger partial charge in [-0.1, -0.05) is 12.8 Å². The fraction of sp³-hybridized carbons (Fsp3) is 0.647. The van der Waals surface area contributed by atoms with Crippen LogP contribution in [0.15, 0.2) is 4.52 Å². The first-order valence-corrected chi connectivity index (χ1v) is 9.03. The van der Waals surface area contributed by atoms with Crippen LogP contribution in [0.25, 0.3) is 0 Å². The van der Waals surface area contributed by atoms with Crippen LogP contribution in [-0.4, -0.2) is 51.9 Å². The zero-order valence-electron chi connectivity index (χ0n) is 15.9. The molecule has 2 N–H and O–H groups in total. The number of aromatic amines is 1. The van der Waals surface area contributed by atoms with Crippen molar-refractivity contribution in [3.63, 3.8) is 0 Å². The highest BCUT2D eigenvalue weighted by Gasteiger charge is 2.30. The summed E-state index contributed by atoms with van der Waals surface area (Å²) in [7, 11) is 3.68. The monoisotopic (exact) mass is 361 g/mol. The molecule has 1 unspecified atom stereocenters. The molecule has 0 spiro atoms. The Labute approximate surface area is 153 Å². The van der Waals surface area contributed by atoms with Gasteiger partial charge in [-0.2, -0.15) is 10.1 Å². The maximum Gasteiger partial charge on any atom is 0.318 e. The smallest absolute Gasteiger partial charge is 0.318 e. The summed E-state index contributed by atoms with van der Waals surface area (Å²) in [6.45, 7) is 4.94. The molecule has 0 saturated carbocycles. The molecule has 142 valence electrons. The summed E-state index contributed by atoms with van der Waals surface area (Å²) < 4.78 is 5.17. The molecule has 3 heterocycles. The zero-order chi connectivity index (χ0) is 18.7. The van der Waals surface area contributed by atoms with Gasteiger partial charge in [0.25, 0.3) is 5.95 Å². The van der Waals surface area contributed by atoms with Crippen molar-refractivity contribution in [2.75, 3.05) is 25.5 Å². The van der Waals surface area contributed by atoms with Crippen molar-refractivity contribution in [1.82, 2.24) is 30.6 Å². The van der Waals surface area contributed by atoms with E-state index in [1.807, 2.05) is 32.8 Å². The van der Waals surface area contributed by atoms with E-state index in [1.165, 1.54) is 0 Å². The second kappa shape index (κ2) is 7.76. The Morgan fingerprint density at radius 3 is 2.81 bits per heavy atom. The lowest BCUT2D eigenvalue weighted by Gasteiger charge is -2.30. The summed E-state index contributed by atoms with van der Waals surface area (Å²) in [6.07, 6.45) is 4.19. The average Bonchev–Trinajstić information content (AvgIpc) is 3.13. The molecule has 0 bridgehead atoms. The predicted octanol–water partition coefficient (Wildman–Crippen LogP) is 2.30. The number of carbonyl (C=O) groups is 1. The van der Waals surface area contributed by atoms with E-state index in [1.54, 1.807) is 4.90 Å². The van der Waals surface area contributed by atoms with Crippen LogP contribution in [-0.2, 0) is 6.54 Å². The van der Waals surface area contributed by atoms with E-state index in [4.69, 9.17) is 4.52 Å². The molecule has 0 radical (unpaired) electrons. The third-order valence-electron chi connectivity index (χ3n) is 4.78. The molecule has 9 nitrogen and oxygen atoms in total. The molecule has 1 aliphatic heterocycles. The van der Waals surface area contributed by atoms with Gasteiger partial charge in [0.05, 0.1) is 18.3 Å². The van der Waals surface area contributed by atoms with Crippen LogP contribution in [0.2, 0.25) is 0 Å². The van der Waals surface area contributed by atoms with E-state index < -0.39 is 0 Å². The summed E-state index contributed by atoms with van der Waals surface area (Å²) in [4.78, 5) is 20.8. The molecule has 1 saturated heterocycles. The highest BCUT2D eigenvalue weighted by Crippen LogP contribution is 2.33. The molecule has 26 heavy (non-hydrogen) atoms. The first-order valence-electron chi connectivity index (χ1n) is 9.03. The molecule has 1 fully saturated rings. The number of anilines is 1. The maximum absolute atomic E-state index is 12.9. The fourth-order valence-electron chi connectivity index (χ4n) is 3.45. The summed E-state index contributed by atoms with van der Waals surface area (Å²) in [6, 6.07) is -0.0715. The molecular weight excluding hydrogens is 334 g/mol. The lowest BCUT2D eigenvalue weighted by molar-refractivity contribution is 0.173. The maximum atomic E-state index is 12.9. The minimum absolute atomic E-state index is 0.0382. The quantitative estimate of drug-likeness (QED) is 0.866. The van der Waals surface area contributed by atoms with Gasteiger partial charge >= 0.3 is 6.03 Å². The Bertz CT molecular complexity index is 733. The van der Waals surface area contributed by atoms with Gasteiger partial charge in [-0.05, 0) is 31.8 Å². The van der Waals surface area contributed by atoms with Crippen LogP contribution in [0.5, 0.6) is 0 Å². The van der Waals surface area contributed by atoms with E-state index in [-0.39, 0.29) is 18.6 Å². The summed E-state index contributed by atoms with van der Waals surface area (Å²) in [5, 5.41) is 14.1. The predicted molar refractivity (Wildman–Crippen MR) is 96.8 cm³/mol. The van der Waals surface area contributed by atoms with Gasteiger partial charge in [0.2, 0.25) is 5.89 Å². The van der Waals surface area contributed by atoms with Crippen LogP contribution in [0.4, 0.5) is 10.7 Å². The van der Waals surface area contributed by atoms with Crippen LogP contribution in [0.3, 0.4) is 0 Å². The van der Waals surface area contributed by atoms with Crippen LogP contribution >= 0.6 is 0 Å². The van der Waals surface area contributed by atoms with Crippen LogP contribution in [0, 0.1) is 13.8 Å². The molecule has 1 atom stereocenters. The highest BCUT2D eigenvalue weighted by atomic mass is 16.5. The van der Waals surface area contributed by atoms with E-state index in [0.717, 1.165) is 49.2 Å². The van der Waals surface area contributed by atoms with E-state index in [2.05, 4.69) is 25.7 Å². The van der Waals surface area contributed by atoms with Gasteiger partial charge in [-0.15, -0.1) is 0 Å². The van der Waals surface area contributed by atoms with E-state index in [0.29, 0.717) is 11.8 Å². The van der Waals surface area contributed by atoms with Gasteiger partial charge in [-0.25, -0.2) is 4.79 Å². The van der Waals surface area contributed by atoms with Gasteiger partial charge in [-0.3, -0.25) is 5.10 Å². The number of H-pyrrole nitrogens is 1. The third-order valence-corrected chi connectivity index (χ3v) is 4.78. The Balaban J connectivity index is 1.72. The summed E-state index contributed by atoms with van der Waals surface area (Å²) >= 11 is 0. The Hall–Kier alpha value is -2.58. The van der Waals surface area contributed by atoms with Crippen molar-refractivity contribution in [3.05, 3.63) is 22.8 Å². The van der Waals surface area contributed by atoms with Crippen molar-refractivity contribution < 1.29 is 9.32 Å². The first-order chi connectivity index (χ1) is 12.5. The van der Waals surface area contributed by atoms with Crippen LogP contribution < -0.4 is 10.2 Å². The van der Waals surface area contributed by atoms with Gasteiger partial charge in [0.1, 0.15) is 0 Å². The van der Waals surface area contributed by atoms with Crippen molar-refractivity contribution in [2.45, 2.75) is 52.1 Å². The number of likely N-dealkylation sites (tertiary alicyclic amines) is 1. The average molecular weight is 361 g/mol. The number of aryl methyl sites for hydroxylation is 2. The summed E-state index contributed by atoms with van der Waals surface area (Å²) in [5.41, 5.74) is 3.12. The molecule has 3 rings (SSSR count). The van der Waals surface area contributed by atoms with Gasteiger partial charge in [0, 0.05) is 31.9 Å². The number of nitrogens with zero attached hydrogens (tertiary/aromatic N) is 5. The SMILES string of the molecule is Cc1n[nH]c(C)c1C1CCCCCN1C(=O)NCc1nc(N(C)C)no1. The normalized spacial score (nSPS) is 17.8. The third kappa shape index (κ3) is 3.81. The largest absolute Gasteiger partial charge is 0.344 e. The summed E-state index contributed by atoms with van der Waals surface area (Å²) in [5.74, 6) is 0.885. The molecule has 9 heteroatoms. The Morgan fingerprint density at radius 2 is 2.15 bits per heavy atom. The zero-order valence-corrected chi connectivity index (χ0v) is 15.9.